The molecule has 0 aliphatic carbocycles. The van der Waals surface area contributed by atoms with Crippen LogP contribution in [0.2, 0.25) is 0 Å². The van der Waals surface area contributed by atoms with E-state index in [4.69, 9.17) is 21.5 Å². The molecule has 0 aromatic carbocycles. The van der Waals surface area contributed by atoms with E-state index in [2.05, 4.69) is 5.16 Å². The van der Waals surface area contributed by atoms with Gasteiger partial charge in [-0.15, -0.1) is 0 Å². The highest BCUT2D eigenvalue weighted by molar-refractivity contribution is 6.69. The Morgan fingerprint density at radius 2 is 2.39 bits per heavy atom. The molecule has 0 radical (unpaired) electrons. The first kappa shape index (κ1) is 14.6. The van der Waals surface area contributed by atoms with Crippen molar-refractivity contribution in [2.45, 2.75) is 19.8 Å². The van der Waals surface area contributed by atoms with Crippen LogP contribution >= 0.6 is 11.6 Å². The van der Waals surface area contributed by atoms with Gasteiger partial charge >= 0.3 is 5.97 Å². The molecule has 0 spiro atoms. The van der Waals surface area contributed by atoms with Gasteiger partial charge in [-0.3, -0.25) is 0 Å². The Morgan fingerprint density at radius 1 is 1.67 bits per heavy atom. The summed E-state index contributed by atoms with van der Waals surface area (Å²) in [5.74, 6) is -0.423. The standard InChI is InChI=1S/C12H17ClN2O3/c1-3-15-7-5-4-6-9(12(16)18-2)8-10(15)11(13)14-17/h6,8,17H,3-5,7H2,1-2H3/b9-6-,10-8-,14-11-. The number of halogens is 1. The second-order valence-corrected chi connectivity index (χ2v) is 4.15. The summed E-state index contributed by atoms with van der Waals surface area (Å²) in [7, 11) is 1.33. The molecule has 0 atom stereocenters. The molecule has 0 saturated carbocycles. The average molecular weight is 273 g/mol. The molecule has 0 aromatic rings. The van der Waals surface area contributed by atoms with Gasteiger partial charge in [0, 0.05) is 13.1 Å². The van der Waals surface area contributed by atoms with Crippen LogP contribution in [-0.4, -0.2) is 41.4 Å². The van der Waals surface area contributed by atoms with Gasteiger partial charge in [0.15, 0.2) is 5.17 Å². The number of allylic oxidation sites excluding steroid dienone is 2. The maximum atomic E-state index is 11.6. The van der Waals surface area contributed by atoms with Gasteiger partial charge in [0.2, 0.25) is 0 Å². The lowest BCUT2D eigenvalue weighted by atomic mass is 10.1. The van der Waals surface area contributed by atoms with Crippen LogP contribution in [0.1, 0.15) is 19.8 Å². The van der Waals surface area contributed by atoms with Gasteiger partial charge in [0.05, 0.1) is 18.4 Å². The summed E-state index contributed by atoms with van der Waals surface area (Å²) in [5.41, 5.74) is 0.950. The molecular formula is C12H17ClN2O3. The molecule has 1 N–H and O–H groups in total. The third kappa shape index (κ3) is 3.50. The highest BCUT2D eigenvalue weighted by Gasteiger charge is 2.18. The topological polar surface area (TPSA) is 62.1 Å². The Bertz CT molecular complexity index is 402. The minimum Gasteiger partial charge on any atom is -0.465 e. The van der Waals surface area contributed by atoms with E-state index >= 15 is 0 Å². The third-order valence-electron chi connectivity index (χ3n) is 2.73. The van der Waals surface area contributed by atoms with E-state index in [0.29, 0.717) is 17.8 Å². The lowest BCUT2D eigenvalue weighted by Crippen LogP contribution is -2.28. The van der Waals surface area contributed by atoms with Crippen LogP contribution in [0.3, 0.4) is 0 Å². The third-order valence-corrected chi connectivity index (χ3v) is 3.00. The fourth-order valence-electron chi connectivity index (χ4n) is 1.79. The van der Waals surface area contributed by atoms with Gasteiger partial charge in [-0.2, -0.15) is 0 Å². The zero-order valence-electron chi connectivity index (χ0n) is 10.5. The van der Waals surface area contributed by atoms with Crippen LogP contribution in [0.25, 0.3) is 0 Å². The molecule has 1 heterocycles. The Balaban J connectivity index is 3.17. The van der Waals surface area contributed by atoms with Crippen LogP contribution in [0.5, 0.6) is 0 Å². The number of hydrogen-bond acceptors (Lipinski definition) is 5. The molecule has 5 nitrogen and oxygen atoms in total. The van der Waals surface area contributed by atoms with Gasteiger partial charge in [-0.1, -0.05) is 22.8 Å². The van der Waals surface area contributed by atoms with E-state index in [1.165, 1.54) is 7.11 Å². The predicted octanol–water partition coefficient (Wildman–Crippen LogP) is 2.11. The molecular weight excluding hydrogens is 256 g/mol. The molecule has 6 heteroatoms. The fraction of sp³-hybridized carbons (Fsp3) is 0.500. The van der Waals surface area contributed by atoms with Crippen LogP contribution in [0.15, 0.2) is 28.6 Å². The molecule has 0 amide bonds. The smallest absolute Gasteiger partial charge is 0.337 e. The van der Waals surface area contributed by atoms with Crippen LogP contribution in [0, 0.1) is 0 Å². The van der Waals surface area contributed by atoms with E-state index < -0.39 is 5.97 Å². The molecule has 0 aromatic heterocycles. The number of nitrogens with zero attached hydrogens (tertiary/aromatic N) is 2. The number of carbonyl (C=O) groups is 1. The van der Waals surface area contributed by atoms with Gasteiger partial charge in [-0.25, -0.2) is 4.79 Å². The summed E-state index contributed by atoms with van der Waals surface area (Å²) in [6.07, 6.45) is 5.08. The molecule has 0 bridgehead atoms. The number of ether oxygens (including phenoxy) is 1. The lowest BCUT2D eigenvalue weighted by molar-refractivity contribution is -0.135. The normalized spacial score (nSPS) is 23.3. The second-order valence-electron chi connectivity index (χ2n) is 3.79. The van der Waals surface area contributed by atoms with Crippen LogP contribution < -0.4 is 0 Å². The summed E-state index contributed by atoms with van der Waals surface area (Å²) < 4.78 is 4.70. The van der Waals surface area contributed by atoms with Gasteiger partial charge in [0.25, 0.3) is 0 Å². The van der Waals surface area contributed by atoms with Crippen molar-refractivity contribution in [1.82, 2.24) is 4.90 Å². The van der Waals surface area contributed by atoms with Crippen LogP contribution in [-0.2, 0) is 9.53 Å². The number of methoxy groups -OCH3 is 1. The maximum absolute atomic E-state index is 11.6. The number of rotatable bonds is 3. The largest absolute Gasteiger partial charge is 0.465 e. The zero-order chi connectivity index (χ0) is 13.5. The number of hydrogen-bond donors (Lipinski definition) is 1. The molecule has 100 valence electrons. The van der Waals surface area contributed by atoms with Crippen LogP contribution in [0.4, 0.5) is 0 Å². The molecule has 18 heavy (non-hydrogen) atoms. The highest BCUT2D eigenvalue weighted by Crippen LogP contribution is 2.18. The minimum atomic E-state index is -0.423. The molecule has 0 saturated heterocycles. The minimum absolute atomic E-state index is 0.0337. The van der Waals surface area contributed by atoms with E-state index in [1.807, 2.05) is 11.8 Å². The highest BCUT2D eigenvalue weighted by atomic mass is 35.5. The summed E-state index contributed by atoms with van der Waals surface area (Å²) in [6.45, 7) is 3.48. The predicted molar refractivity (Wildman–Crippen MR) is 69.7 cm³/mol. The molecule has 0 fully saturated rings. The summed E-state index contributed by atoms with van der Waals surface area (Å²) >= 11 is 5.87. The van der Waals surface area contributed by atoms with Gasteiger partial charge in [-0.05, 0) is 25.8 Å². The number of esters is 1. The Kier molecular flexibility index (Phi) is 5.71. The average Bonchev–Trinajstić information content (AvgIpc) is 2.37. The van der Waals surface area contributed by atoms with Gasteiger partial charge in [0.1, 0.15) is 0 Å². The summed E-state index contributed by atoms with van der Waals surface area (Å²) in [5, 5.41) is 11.8. The van der Waals surface area contributed by atoms with Crippen molar-refractivity contribution < 1.29 is 14.7 Å². The van der Waals surface area contributed by atoms with Crippen molar-refractivity contribution in [3.05, 3.63) is 23.4 Å². The monoisotopic (exact) mass is 272 g/mol. The SMILES string of the molecule is CCN1CCC/C=C(C(=O)OC)/C=C1/C(Cl)=N/O. The van der Waals surface area contributed by atoms with Crippen molar-refractivity contribution in [3.8, 4) is 0 Å². The first-order valence-electron chi connectivity index (χ1n) is 5.77. The zero-order valence-corrected chi connectivity index (χ0v) is 11.3. The Hall–Kier alpha value is -1.49. The molecule has 1 aliphatic heterocycles. The molecule has 1 rings (SSSR count). The Morgan fingerprint density at radius 3 is 2.94 bits per heavy atom. The quantitative estimate of drug-likeness (QED) is 0.370. The van der Waals surface area contributed by atoms with Crippen molar-refractivity contribution in [2.24, 2.45) is 5.16 Å². The van der Waals surface area contributed by atoms with Crippen molar-refractivity contribution in [1.29, 1.82) is 0 Å². The second kappa shape index (κ2) is 7.06. The molecule has 1 aliphatic rings. The van der Waals surface area contributed by atoms with Gasteiger partial charge < -0.3 is 14.8 Å². The Labute approximate surface area is 111 Å². The number of oxime groups is 1. The first-order chi connectivity index (χ1) is 8.63. The first-order valence-corrected chi connectivity index (χ1v) is 6.14. The number of carbonyl (C=O) groups excluding carboxylic acids is 1. The van der Waals surface area contributed by atoms with Crippen molar-refractivity contribution >= 4 is 22.7 Å². The van der Waals surface area contributed by atoms with E-state index in [-0.39, 0.29) is 5.17 Å². The van der Waals surface area contributed by atoms with Crippen molar-refractivity contribution in [3.63, 3.8) is 0 Å². The maximum Gasteiger partial charge on any atom is 0.337 e. The summed E-state index contributed by atoms with van der Waals surface area (Å²) in [4.78, 5) is 13.5. The van der Waals surface area contributed by atoms with Crippen molar-refractivity contribution in [2.75, 3.05) is 20.2 Å². The van der Waals surface area contributed by atoms with E-state index in [9.17, 15) is 4.79 Å². The fourth-order valence-corrected chi connectivity index (χ4v) is 1.96. The lowest BCUT2D eigenvalue weighted by Gasteiger charge is -2.26. The van der Waals surface area contributed by atoms with E-state index in [0.717, 1.165) is 19.4 Å². The summed E-state index contributed by atoms with van der Waals surface area (Å²) in [6, 6.07) is 0. The van der Waals surface area contributed by atoms with E-state index in [1.54, 1.807) is 12.2 Å². The molecule has 0 unspecified atom stereocenters.